The molecule has 2 N–H and O–H groups in total. The predicted octanol–water partition coefficient (Wildman–Crippen LogP) is 1.46. The molecule has 3 nitrogen and oxygen atoms in total. The number of hydrogen-bond acceptors (Lipinski definition) is 3. The van der Waals surface area contributed by atoms with E-state index in [-0.39, 0.29) is 6.04 Å². The fourth-order valence-electron chi connectivity index (χ4n) is 2.45. The fraction of sp³-hybridized carbons (Fsp3) is 0.538. The minimum Gasteiger partial charge on any atom is -0.378 e. The summed E-state index contributed by atoms with van der Waals surface area (Å²) in [6.07, 6.45) is 1.09. The van der Waals surface area contributed by atoms with E-state index >= 15 is 0 Å². The van der Waals surface area contributed by atoms with Gasteiger partial charge in [0.05, 0.1) is 0 Å². The molecule has 3 heteroatoms. The Morgan fingerprint density at radius 3 is 2.31 bits per heavy atom. The van der Waals surface area contributed by atoms with Crippen molar-refractivity contribution in [1.82, 2.24) is 4.90 Å². The zero-order valence-corrected chi connectivity index (χ0v) is 10.4. The van der Waals surface area contributed by atoms with E-state index in [2.05, 4.69) is 55.2 Å². The third kappa shape index (κ3) is 2.06. The number of likely N-dealkylation sites (tertiary alicyclic amines) is 1. The molecule has 1 aromatic carbocycles. The molecule has 2 atom stereocenters. The topological polar surface area (TPSA) is 32.5 Å². The first kappa shape index (κ1) is 11.4. The summed E-state index contributed by atoms with van der Waals surface area (Å²) in [5.74, 6) is 0. The number of nitrogens with two attached hydrogens (primary N) is 1. The van der Waals surface area contributed by atoms with Gasteiger partial charge in [0.15, 0.2) is 0 Å². The lowest BCUT2D eigenvalue weighted by Gasteiger charge is -2.24. The molecule has 0 bridgehead atoms. The summed E-state index contributed by atoms with van der Waals surface area (Å²) >= 11 is 0. The lowest BCUT2D eigenvalue weighted by molar-refractivity contribution is 0.304. The first-order valence-electron chi connectivity index (χ1n) is 5.82. The Labute approximate surface area is 97.8 Å². The molecule has 1 aliphatic rings. The van der Waals surface area contributed by atoms with Gasteiger partial charge in [0.25, 0.3) is 0 Å². The van der Waals surface area contributed by atoms with Crippen LogP contribution in [0.5, 0.6) is 0 Å². The minimum atomic E-state index is 0.273. The van der Waals surface area contributed by atoms with Gasteiger partial charge in [-0.1, -0.05) is 12.1 Å². The molecular weight excluding hydrogens is 198 g/mol. The van der Waals surface area contributed by atoms with Crippen molar-refractivity contribution in [2.75, 3.05) is 32.6 Å². The molecule has 88 valence electrons. The third-order valence-corrected chi connectivity index (χ3v) is 3.45. The fourth-order valence-corrected chi connectivity index (χ4v) is 2.45. The van der Waals surface area contributed by atoms with Gasteiger partial charge in [0, 0.05) is 38.4 Å². The second kappa shape index (κ2) is 4.44. The average molecular weight is 219 g/mol. The molecule has 0 spiro atoms. The molecule has 16 heavy (non-hydrogen) atoms. The van der Waals surface area contributed by atoms with Gasteiger partial charge in [-0.15, -0.1) is 0 Å². The van der Waals surface area contributed by atoms with Crippen molar-refractivity contribution in [3.63, 3.8) is 0 Å². The van der Waals surface area contributed by atoms with E-state index in [9.17, 15) is 0 Å². The zero-order chi connectivity index (χ0) is 11.7. The van der Waals surface area contributed by atoms with Crippen LogP contribution in [0, 0.1) is 0 Å². The lowest BCUT2D eigenvalue weighted by atomic mass is 10.0. The van der Waals surface area contributed by atoms with Crippen LogP contribution in [0.3, 0.4) is 0 Å². The number of anilines is 1. The monoisotopic (exact) mass is 219 g/mol. The van der Waals surface area contributed by atoms with Crippen molar-refractivity contribution < 1.29 is 0 Å². The van der Waals surface area contributed by atoms with E-state index in [1.165, 1.54) is 11.3 Å². The number of hydrogen-bond donors (Lipinski definition) is 1. The van der Waals surface area contributed by atoms with Gasteiger partial charge in [0.2, 0.25) is 0 Å². The van der Waals surface area contributed by atoms with Crippen LogP contribution in [-0.2, 0) is 0 Å². The molecule has 0 radical (unpaired) electrons. The summed E-state index contributed by atoms with van der Waals surface area (Å²) in [6.45, 7) is 1.10. The molecule has 1 heterocycles. The maximum absolute atomic E-state index is 6.15. The highest BCUT2D eigenvalue weighted by Crippen LogP contribution is 2.30. The minimum absolute atomic E-state index is 0.273. The van der Waals surface area contributed by atoms with E-state index in [0.29, 0.717) is 6.04 Å². The Morgan fingerprint density at radius 1 is 1.25 bits per heavy atom. The van der Waals surface area contributed by atoms with Gasteiger partial charge in [-0.05, 0) is 31.2 Å². The standard InChI is InChI=1S/C13H21N3/c1-15(2)11-6-4-10(5-7-11)13-12(14)8-9-16(13)3/h4-7,12-13H,8-9,14H2,1-3H3. The maximum Gasteiger partial charge on any atom is 0.0496 e. The van der Waals surface area contributed by atoms with Crippen LogP contribution in [0.15, 0.2) is 24.3 Å². The van der Waals surface area contributed by atoms with Crippen molar-refractivity contribution in [1.29, 1.82) is 0 Å². The molecule has 2 unspecified atom stereocenters. The highest BCUT2D eigenvalue weighted by atomic mass is 15.2. The highest BCUT2D eigenvalue weighted by molar-refractivity contribution is 5.46. The SMILES string of the molecule is CN(C)c1ccc(C2C(N)CCN2C)cc1. The summed E-state index contributed by atoms with van der Waals surface area (Å²) < 4.78 is 0. The second-order valence-corrected chi connectivity index (χ2v) is 4.86. The lowest BCUT2D eigenvalue weighted by Crippen LogP contribution is -2.29. The average Bonchev–Trinajstić information content (AvgIpc) is 2.59. The molecule has 0 aliphatic carbocycles. The number of nitrogens with zero attached hydrogens (tertiary/aromatic N) is 2. The van der Waals surface area contributed by atoms with Crippen LogP contribution in [0.25, 0.3) is 0 Å². The molecule has 2 rings (SSSR count). The Bertz CT molecular complexity index is 335. The number of benzene rings is 1. The number of likely N-dealkylation sites (N-methyl/N-ethyl adjacent to an activating group) is 1. The van der Waals surface area contributed by atoms with Gasteiger partial charge in [-0.3, -0.25) is 4.90 Å². The Hall–Kier alpha value is -1.06. The molecule has 0 amide bonds. The van der Waals surface area contributed by atoms with E-state index in [0.717, 1.165) is 13.0 Å². The van der Waals surface area contributed by atoms with Crippen LogP contribution in [0.4, 0.5) is 5.69 Å². The summed E-state index contributed by atoms with van der Waals surface area (Å²) in [5.41, 5.74) is 8.71. The van der Waals surface area contributed by atoms with Crippen LogP contribution in [0.2, 0.25) is 0 Å². The van der Waals surface area contributed by atoms with Gasteiger partial charge in [-0.2, -0.15) is 0 Å². The van der Waals surface area contributed by atoms with Crippen molar-refractivity contribution in [3.05, 3.63) is 29.8 Å². The predicted molar refractivity (Wildman–Crippen MR) is 68.7 cm³/mol. The van der Waals surface area contributed by atoms with Gasteiger partial charge < -0.3 is 10.6 Å². The number of rotatable bonds is 2. The van der Waals surface area contributed by atoms with Crippen LogP contribution >= 0.6 is 0 Å². The van der Waals surface area contributed by atoms with E-state index < -0.39 is 0 Å². The van der Waals surface area contributed by atoms with Crippen LogP contribution in [-0.4, -0.2) is 38.6 Å². The normalized spacial score (nSPS) is 26.0. The second-order valence-electron chi connectivity index (χ2n) is 4.86. The van der Waals surface area contributed by atoms with Gasteiger partial charge >= 0.3 is 0 Å². The zero-order valence-electron chi connectivity index (χ0n) is 10.4. The first-order chi connectivity index (χ1) is 7.59. The molecule has 0 saturated carbocycles. The maximum atomic E-state index is 6.15. The Morgan fingerprint density at radius 2 is 1.88 bits per heavy atom. The molecule has 1 aliphatic heterocycles. The Balaban J connectivity index is 2.21. The van der Waals surface area contributed by atoms with Crippen molar-refractivity contribution >= 4 is 5.69 Å². The molecular formula is C13H21N3. The molecule has 1 fully saturated rings. The smallest absolute Gasteiger partial charge is 0.0496 e. The third-order valence-electron chi connectivity index (χ3n) is 3.45. The first-order valence-corrected chi connectivity index (χ1v) is 5.82. The summed E-state index contributed by atoms with van der Waals surface area (Å²) in [6, 6.07) is 9.37. The van der Waals surface area contributed by atoms with Crippen molar-refractivity contribution in [3.8, 4) is 0 Å². The largest absolute Gasteiger partial charge is 0.378 e. The van der Waals surface area contributed by atoms with Crippen LogP contribution in [0.1, 0.15) is 18.0 Å². The summed E-state index contributed by atoms with van der Waals surface area (Å²) in [4.78, 5) is 4.46. The molecule has 1 aromatic rings. The molecule has 1 saturated heterocycles. The van der Waals surface area contributed by atoms with E-state index in [4.69, 9.17) is 5.73 Å². The highest BCUT2D eigenvalue weighted by Gasteiger charge is 2.29. The van der Waals surface area contributed by atoms with E-state index in [1.807, 2.05) is 0 Å². The quantitative estimate of drug-likeness (QED) is 0.817. The summed E-state index contributed by atoms with van der Waals surface area (Å²) in [7, 11) is 6.27. The summed E-state index contributed by atoms with van der Waals surface area (Å²) in [5, 5.41) is 0. The van der Waals surface area contributed by atoms with Gasteiger partial charge in [-0.25, -0.2) is 0 Å². The van der Waals surface area contributed by atoms with E-state index in [1.54, 1.807) is 0 Å². The van der Waals surface area contributed by atoms with Crippen molar-refractivity contribution in [2.45, 2.75) is 18.5 Å². The Kier molecular flexibility index (Phi) is 3.17. The van der Waals surface area contributed by atoms with Crippen LogP contribution < -0.4 is 10.6 Å². The van der Waals surface area contributed by atoms with Crippen molar-refractivity contribution in [2.24, 2.45) is 5.73 Å². The molecule has 0 aromatic heterocycles. The van der Waals surface area contributed by atoms with Gasteiger partial charge in [0.1, 0.15) is 0 Å².